The van der Waals surface area contributed by atoms with E-state index in [-0.39, 0.29) is 30.1 Å². The van der Waals surface area contributed by atoms with Crippen LogP contribution in [0.4, 0.5) is 0 Å². The number of halogens is 1. The van der Waals surface area contributed by atoms with Crippen LogP contribution in [0.1, 0.15) is 41.9 Å². The Morgan fingerprint density at radius 1 is 1.00 bits per heavy atom. The Kier molecular flexibility index (Phi) is 10.2. The van der Waals surface area contributed by atoms with E-state index in [1.54, 1.807) is 7.05 Å². The minimum Gasteiger partial charge on any atom is -0.374 e. The summed E-state index contributed by atoms with van der Waals surface area (Å²) in [5.74, 6) is 0.756. The fourth-order valence-electron chi connectivity index (χ4n) is 3.42. The molecule has 0 bridgehead atoms. The van der Waals surface area contributed by atoms with E-state index in [9.17, 15) is 0 Å². The van der Waals surface area contributed by atoms with Gasteiger partial charge in [0.05, 0.1) is 24.1 Å². The predicted molar refractivity (Wildman–Crippen MR) is 142 cm³/mol. The lowest BCUT2D eigenvalue weighted by molar-refractivity contribution is 0.0657. The summed E-state index contributed by atoms with van der Waals surface area (Å²) in [5.41, 5.74) is 6.73. The fraction of sp³-hybridized carbons (Fsp3) is 0.360. The lowest BCUT2D eigenvalue weighted by Crippen LogP contribution is -2.36. The molecule has 0 spiro atoms. The molecule has 7 heteroatoms. The zero-order valence-corrected chi connectivity index (χ0v) is 21.9. The molecule has 0 atom stereocenters. The number of para-hydroxylation sites is 1. The van der Waals surface area contributed by atoms with Gasteiger partial charge in [0.2, 0.25) is 0 Å². The van der Waals surface area contributed by atoms with Crippen molar-refractivity contribution in [2.45, 2.75) is 53.5 Å². The number of rotatable bonds is 8. The maximum absolute atomic E-state index is 5.71. The third kappa shape index (κ3) is 7.34. The van der Waals surface area contributed by atoms with E-state index in [0.717, 1.165) is 28.6 Å². The van der Waals surface area contributed by atoms with Crippen molar-refractivity contribution in [1.29, 1.82) is 0 Å². The van der Waals surface area contributed by atoms with Gasteiger partial charge in [0, 0.05) is 25.8 Å². The molecule has 0 radical (unpaired) electrons. The van der Waals surface area contributed by atoms with Crippen molar-refractivity contribution in [3.05, 3.63) is 82.7 Å². The first-order chi connectivity index (χ1) is 15.0. The molecule has 172 valence electrons. The third-order valence-electron chi connectivity index (χ3n) is 4.93. The van der Waals surface area contributed by atoms with E-state index >= 15 is 0 Å². The summed E-state index contributed by atoms with van der Waals surface area (Å²) in [6.07, 6.45) is 0.224. The molecule has 0 unspecified atom stereocenters. The van der Waals surface area contributed by atoms with Gasteiger partial charge in [-0.15, -0.1) is 24.0 Å². The molecule has 1 heterocycles. The Balaban J connectivity index is 0.00000363. The Hall–Kier alpha value is -2.39. The van der Waals surface area contributed by atoms with Crippen LogP contribution in [-0.4, -0.2) is 28.9 Å². The van der Waals surface area contributed by atoms with Crippen LogP contribution in [0.25, 0.3) is 5.69 Å². The van der Waals surface area contributed by atoms with E-state index in [1.807, 2.05) is 37.6 Å². The third-order valence-corrected chi connectivity index (χ3v) is 4.93. The molecule has 6 nitrogen and oxygen atoms in total. The van der Waals surface area contributed by atoms with Crippen LogP contribution >= 0.6 is 24.0 Å². The van der Waals surface area contributed by atoms with Gasteiger partial charge in [-0.3, -0.25) is 4.99 Å². The molecule has 0 aliphatic rings. The zero-order chi connectivity index (χ0) is 22.2. The van der Waals surface area contributed by atoms with Crippen molar-refractivity contribution in [3.8, 4) is 5.69 Å². The van der Waals surface area contributed by atoms with Crippen molar-refractivity contribution in [2.24, 2.45) is 4.99 Å². The predicted octanol–water partition coefficient (Wildman–Crippen LogP) is 4.90. The van der Waals surface area contributed by atoms with Crippen molar-refractivity contribution < 1.29 is 4.74 Å². The van der Waals surface area contributed by atoms with Crippen LogP contribution in [0.2, 0.25) is 0 Å². The Bertz CT molecular complexity index is 1030. The van der Waals surface area contributed by atoms with Crippen LogP contribution in [0.3, 0.4) is 0 Å². The van der Waals surface area contributed by atoms with Gasteiger partial charge in [-0.25, -0.2) is 4.68 Å². The lowest BCUT2D eigenvalue weighted by atomic mass is 10.1. The molecule has 3 aromatic rings. The topological polar surface area (TPSA) is 63.5 Å². The second-order valence-electron chi connectivity index (χ2n) is 7.93. The van der Waals surface area contributed by atoms with Crippen LogP contribution < -0.4 is 10.6 Å². The molecule has 0 fully saturated rings. The number of benzene rings is 2. The maximum atomic E-state index is 5.71. The molecule has 0 saturated carbocycles. The molecular formula is C25H34IN5O. The number of aromatic nitrogens is 2. The van der Waals surface area contributed by atoms with E-state index in [2.05, 4.69) is 70.1 Å². The van der Waals surface area contributed by atoms with Crippen molar-refractivity contribution in [3.63, 3.8) is 0 Å². The minimum absolute atomic E-state index is 0. The van der Waals surface area contributed by atoms with E-state index < -0.39 is 0 Å². The van der Waals surface area contributed by atoms with Crippen molar-refractivity contribution >= 4 is 29.9 Å². The molecule has 2 aromatic carbocycles. The summed E-state index contributed by atoms with van der Waals surface area (Å²) in [7, 11) is 1.79. The molecule has 0 amide bonds. The van der Waals surface area contributed by atoms with Gasteiger partial charge in [0.15, 0.2) is 5.96 Å². The van der Waals surface area contributed by atoms with E-state index in [0.29, 0.717) is 19.7 Å². The van der Waals surface area contributed by atoms with E-state index in [1.165, 1.54) is 11.1 Å². The van der Waals surface area contributed by atoms with Crippen LogP contribution in [0.15, 0.2) is 59.6 Å². The lowest BCUT2D eigenvalue weighted by Gasteiger charge is -2.15. The van der Waals surface area contributed by atoms with Crippen LogP contribution in [0.5, 0.6) is 0 Å². The number of nitrogens with one attached hydrogen (secondary N) is 2. The molecule has 3 rings (SSSR count). The summed E-state index contributed by atoms with van der Waals surface area (Å²) in [4.78, 5) is 4.37. The monoisotopic (exact) mass is 547 g/mol. The number of guanidine groups is 1. The summed E-state index contributed by atoms with van der Waals surface area (Å²) in [6.45, 7) is 10.2. The number of aryl methyl sites for hydroxylation is 2. The highest BCUT2D eigenvalue weighted by atomic mass is 127. The largest absolute Gasteiger partial charge is 0.374 e. The summed E-state index contributed by atoms with van der Waals surface area (Å²) in [5, 5.41) is 11.4. The van der Waals surface area contributed by atoms with Gasteiger partial charge in [0.1, 0.15) is 0 Å². The van der Waals surface area contributed by atoms with E-state index in [4.69, 9.17) is 4.74 Å². The number of ether oxygens (including phenoxy) is 1. The number of aliphatic imine (C=N–C) groups is 1. The second-order valence-corrected chi connectivity index (χ2v) is 7.93. The average molecular weight is 547 g/mol. The van der Waals surface area contributed by atoms with Crippen LogP contribution in [0, 0.1) is 13.8 Å². The van der Waals surface area contributed by atoms with Gasteiger partial charge in [0.25, 0.3) is 0 Å². The minimum atomic E-state index is 0. The summed E-state index contributed by atoms with van der Waals surface area (Å²) >= 11 is 0. The quantitative estimate of drug-likeness (QED) is 0.239. The average Bonchev–Trinajstić information content (AvgIpc) is 3.10. The number of nitrogens with zero attached hydrogens (tertiary/aromatic N) is 3. The standard InChI is InChI=1S/C25H33N5O.HI/c1-18(2)31-17-22-10-8-9-21(14-22)15-27-25(26-5)28-16-23-11-6-7-12-24(23)30-20(4)13-19(3)29-30;/h6-14,18H,15-17H2,1-5H3,(H2,26,27,28);1H. The summed E-state index contributed by atoms with van der Waals surface area (Å²) in [6, 6.07) is 18.8. The van der Waals surface area contributed by atoms with Crippen molar-refractivity contribution in [2.75, 3.05) is 7.05 Å². The molecule has 2 N–H and O–H groups in total. The van der Waals surface area contributed by atoms with Gasteiger partial charge < -0.3 is 15.4 Å². The highest BCUT2D eigenvalue weighted by molar-refractivity contribution is 14.0. The first-order valence-corrected chi connectivity index (χ1v) is 10.7. The first-order valence-electron chi connectivity index (χ1n) is 10.7. The zero-order valence-electron chi connectivity index (χ0n) is 19.6. The normalized spacial score (nSPS) is 11.4. The Morgan fingerprint density at radius 2 is 1.72 bits per heavy atom. The maximum Gasteiger partial charge on any atom is 0.191 e. The van der Waals surface area contributed by atoms with Gasteiger partial charge in [-0.2, -0.15) is 5.10 Å². The van der Waals surface area contributed by atoms with Gasteiger partial charge in [-0.05, 0) is 56.5 Å². The van der Waals surface area contributed by atoms with Crippen molar-refractivity contribution in [1.82, 2.24) is 20.4 Å². The molecular weight excluding hydrogens is 513 g/mol. The molecule has 1 aromatic heterocycles. The van der Waals surface area contributed by atoms with Crippen LogP contribution in [-0.2, 0) is 24.4 Å². The molecule has 32 heavy (non-hydrogen) atoms. The number of hydrogen-bond donors (Lipinski definition) is 2. The highest BCUT2D eigenvalue weighted by Gasteiger charge is 2.09. The van der Waals surface area contributed by atoms with Gasteiger partial charge >= 0.3 is 0 Å². The fourth-order valence-corrected chi connectivity index (χ4v) is 3.42. The molecule has 0 saturated heterocycles. The Labute approximate surface area is 208 Å². The van der Waals surface area contributed by atoms with Gasteiger partial charge in [-0.1, -0.05) is 42.5 Å². The first kappa shape index (κ1) is 25.9. The SMILES string of the molecule is CN=C(NCc1cccc(COC(C)C)c1)NCc1ccccc1-n1nc(C)cc1C.I. The smallest absolute Gasteiger partial charge is 0.191 e. The second kappa shape index (κ2) is 12.6. The molecule has 0 aliphatic heterocycles. The molecule has 0 aliphatic carbocycles. The highest BCUT2D eigenvalue weighted by Crippen LogP contribution is 2.17. The Morgan fingerprint density at radius 3 is 2.41 bits per heavy atom. The summed E-state index contributed by atoms with van der Waals surface area (Å²) < 4.78 is 7.70. The number of hydrogen-bond acceptors (Lipinski definition) is 3.